The van der Waals surface area contributed by atoms with Crippen LogP contribution in [-0.4, -0.2) is 89.7 Å². The molecule has 1 saturated heterocycles. The number of carbonyl (C=O) groups excluding carboxylic acids is 1. The number of halogens is 6. The van der Waals surface area contributed by atoms with Gasteiger partial charge < -0.3 is 29.9 Å². The molecular weight excluding hydrogens is 724 g/mol. The van der Waals surface area contributed by atoms with Crippen LogP contribution in [0.4, 0.5) is 26.3 Å². The van der Waals surface area contributed by atoms with Gasteiger partial charge in [-0.2, -0.15) is 26.3 Å². The van der Waals surface area contributed by atoms with E-state index in [0.717, 1.165) is 38.2 Å². The molecule has 2 heterocycles. The predicted octanol–water partition coefficient (Wildman–Crippen LogP) is 7.00. The molecule has 54 heavy (non-hydrogen) atoms. The summed E-state index contributed by atoms with van der Waals surface area (Å²) >= 11 is 0. The number of carboxylic acids is 2. The van der Waals surface area contributed by atoms with Crippen LogP contribution in [0.25, 0.3) is 0 Å². The maximum atomic E-state index is 12.7. The summed E-state index contributed by atoms with van der Waals surface area (Å²) < 4.78 is 75.5. The summed E-state index contributed by atoms with van der Waals surface area (Å²) in [7, 11) is 1.61. The molecule has 290 valence electrons. The van der Waals surface area contributed by atoms with Crippen LogP contribution in [0.3, 0.4) is 0 Å². The van der Waals surface area contributed by atoms with E-state index in [-0.39, 0.29) is 12.0 Å². The minimum Gasteiger partial charge on any atom is -0.493 e. The van der Waals surface area contributed by atoms with E-state index in [1.54, 1.807) is 25.4 Å². The van der Waals surface area contributed by atoms with Crippen molar-refractivity contribution in [2.45, 2.75) is 43.6 Å². The number of likely N-dealkylation sites (tertiary alicyclic amines) is 1. The number of aliphatic carboxylic acids is 2. The van der Waals surface area contributed by atoms with Crippen molar-refractivity contribution in [3.8, 4) is 11.5 Å². The van der Waals surface area contributed by atoms with Gasteiger partial charge in [-0.25, -0.2) is 9.59 Å². The number of aromatic nitrogens is 1. The van der Waals surface area contributed by atoms with Gasteiger partial charge in [-0.15, -0.1) is 0 Å². The van der Waals surface area contributed by atoms with Crippen molar-refractivity contribution in [1.82, 2.24) is 15.2 Å². The number of benzene rings is 3. The number of nitrogens with zero attached hydrogens (tertiary/aromatic N) is 2. The lowest BCUT2D eigenvalue weighted by molar-refractivity contribution is -0.193. The van der Waals surface area contributed by atoms with E-state index < -0.39 is 24.3 Å². The van der Waals surface area contributed by atoms with Crippen molar-refractivity contribution in [3.63, 3.8) is 0 Å². The van der Waals surface area contributed by atoms with Crippen LogP contribution in [0.2, 0.25) is 0 Å². The van der Waals surface area contributed by atoms with Gasteiger partial charge in [-0.3, -0.25) is 9.78 Å². The summed E-state index contributed by atoms with van der Waals surface area (Å²) in [5.41, 5.74) is 4.19. The molecular formula is C38H39F6N3O7. The minimum atomic E-state index is -5.08. The fraction of sp³-hybridized carbons (Fsp3) is 0.316. The third-order valence-corrected chi connectivity index (χ3v) is 7.98. The number of hydrogen-bond acceptors (Lipinski definition) is 7. The Labute approximate surface area is 307 Å². The van der Waals surface area contributed by atoms with Crippen LogP contribution in [0.5, 0.6) is 11.5 Å². The fourth-order valence-corrected chi connectivity index (χ4v) is 5.28. The Morgan fingerprint density at radius 1 is 0.796 bits per heavy atom. The first kappa shape index (κ1) is 42.8. The SMILES string of the molecule is COc1cc(C(=O)NCCc2ccccn2)ccc1OC1CCN(CC(c2ccccc2)c2ccccc2)CC1.O=C(O)C(F)(F)F.O=C(O)C(F)(F)F. The maximum Gasteiger partial charge on any atom is 0.490 e. The van der Waals surface area contributed by atoms with Crippen LogP contribution >= 0.6 is 0 Å². The second-order valence-corrected chi connectivity index (χ2v) is 11.8. The zero-order valence-corrected chi connectivity index (χ0v) is 29.0. The Morgan fingerprint density at radius 2 is 1.31 bits per heavy atom. The Kier molecular flexibility index (Phi) is 16.3. The molecule has 0 saturated carbocycles. The zero-order valence-electron chi connectivity index (χ0n) is 29.0. The molecule has 1 aliphatic rings. The summed E-state index contributed by atoms with van der Waals surface area (Å²) in [6.07, 6.45) is -5.74. The van der Waals surface area contributed by atoms with Crippen molar-refractivity contribution < 1.29 is 60.4 Å². The van der Waals surface area contributed by atoms with Crippen molar-refractivity contribution >= 4 is 17.8 Å². The maximum absolute atomic E-state index is 12.7. The van der Waals surface area contributed by atoms with Crippen LogP contribution in [0, 0.1) is 0 Å². The largest absolute Gasteiger partial charge is 0.493 e. The molecule has 1 amide bonds. The smallest absolute Gasteiger partial charge is 0.490 e. The van der Waals surface area contributed by atoms with E-state index in [9.17, 15) is 31.1 Å². The van der Waals surface area contributed by atoms with Crippen molar-refractivity contribution in [3.05, 3.63) is 126 Å². The summed E-state index contributed by atoms with van der Waals surface area (Å²) in [5.74, 6) is -4.06. The first-order valence-corrected chi connectivity index (χ1v) is 16.5. The normalized spacial score (nSPS) is 13.4. The van der Waals surface area contributed by atoms with Gasteiger partial charge in [0, 0.05) is 56.0 Å². The highest BCUT2D eigenvalue weighted by atomic mass is 19.4. The van der Waals surface area contributed by atoms with E-state index in [1.165, 1.54) is 11.1 Å². The van der Waals surface area contributed by atoms with Gasteiger partial charge in [-0.1, -0.05) is 66.7 Å². The molecule has 0 aliphatic carbocycles. The van der Waals surface area contributed by atoms with Gasteiger partial charge in [0.2, 0.25) is 0 Å². The predicted molar refractivity (Wildman–Crippen MR) is 185 cm³/mol. The van der Waals surface area contributed by atoms with E-state index in [2.05, 4.69) is 75.9 Å². The lowest BCUT2D eigenvalue weighted by Crippen LogP contribution is -2.40. The Bertz CT molecular complexity index is 1690. The number of rotatable bonds is 11. The first-order valence-electron chi connectivity index (χ1n) is 16.5. The van der Waals surface area contributed by atoms with Gasteiger partial charge in [0.15, 0.2) is 11.5 Å². The molecule has 4 aromatic rings. The molecule has 1 fully saturated rings. The Hall–Kier alpha value is -5.64. The van der Waals surface area contributed by atoms with Crippen LogP contribution in [0.15, 0.2) is 103 Å². The Morgan fingerprint density at radius 3 is 1.78 bits per heavy atom. The summed E-state index contributed by atoms with van der Waals surface area (Å²) in [6, 6.07) is 32.7. The summed E-state index contributed by atoms with van der Waals surface area (Å²) in [4.78, 5) is 37.3. The van der Waals surface area contributed by atoms with Gasteiger partial charge in [0.05, 0.1) is 7.11 Å². The molecule has 5 rings (SSSR count). The number of piperidine rings is 1. The summed E-state index contributed by atoms with van der Waals surface area (Å²) in [6.45, 7) is 3.44. The molecule has 0 spiro atoms. The fourth-order valence-electron chi connectivity index (χ4n) is 5.28. The highest BCUT2D eigenvalue weighted by Crippen LogP contribution is 2.32. The van der Waals surface area contributed by atoms with Crippen molar-refractivity contribution in [2.75, 3.05) is 33.3 Å². The van der Waals surface area contributed by atoms with E-state index in [1.807, 2.05) is 24.3 Å². The number of alkyl halides is 6. The third kappa shape index (κ3) is 14.4. The highest BCUT2D eigenvalue weighted by Gasteiger charge is 2.39. The van der Waals surface area contributed by atoms with Crippen LogP contribution in [0.1, 0.15) is 45.9 Å². The molecule has 10 nitrogen and oxygen atoms in total. The molecule has 0 bridgehead atoms. The lowest BCUT2D eigenvalue weighted by atomic mass is 9.90. The quantitative estimate of drug-likeness (QED) is 0.138. The molecule has 1 aromatic heterocycles. The standard InChI is InChI=1S/C34H37N3O3.2C2HF3O2/c1-39-33-24-28(34(38)36-21-17-29-14-8-9-20-35-29)15-16-32(33)40-30-18-22-37(23-19-30)25-31(26-10-4-2-5-11-26)27-12-6-3-7-13-27;2*3-2(4,5)1(6)7/h2-16,20,24,30-31H,17-19,21-23,25H2,1H3,(H,36,38);2*(H,6,7). The minimum absolute atomic E-state index is 0.107. The summed E-state index contributed by atoms with van der Waals surface area (Å²) in [5, 5.41) is 17.2. The average molecular weight is 764 g/mol. The second kappa shape index (κ2) is 20.6. The number of amides is 1. The highest BCUT2D eigenvalue weighted by molar-refractivity contribution is 5.94. The van der Waals surface area contributed by atoms with Crippen LogP contribution < -0.4 is 14.8 Å². The van der Waals surface area contributed by atoms with Gasteiger partial charge in [0.25, 0.3) is 5.91 Å². The molecule has 0 atom stereocenters. The number of hydrogen-bond donors (Lipinski definition) is 3. The molecule has 16 heteroatoms. The number of carboxylic acid groups (broad SMARTS) is 2. The number of pyridine rings is 1. The molecule has 3 aromatic carbocycles. The number of methoxy groups -OCH3 is 1. The first-order chi connectivity index (χ1) is 25.6. The monoisotopic (exact) mass is 763 g/mol. The molecule has 3 N–H and O–H groups in total. The van der Waals surface area contributed by atoms with E-state index in [4.69, 9.17) is 29.3 Å². The zero-order chi connectivity index (χ0) is 39.7. The third-order valence-electron chi connectivity index (χ3n) is 7.98. The molecule has 1 aliphatic heterocycles. The van der Waals surface area contributed by atoms with E-state index >= 15 is 0 Å². The average Bonchev–Trinajstić information content (AvgIpc) is 3.15. The number of carbonyl (C=O) groups is 3. The van der Waals surface area contributed by atoms with Crippen LogP contribution in [-0.2, 0) is 16.0 Å². The Balaban J connectivity index is 0.000000476. The van der Waals surface area contributed by atoms with E-state index in [0.29, 0.717) is 35.9 Å². The van der Waals surface area contributed by atoms with Gasteiger partial charge >= 0.3 is 24.3 Å². The second-order valence-electron chi connectivity index (χ2n) is 11.8. The van der Waals surface area contributed by atoms with Gasteiger partial charge in [-0.05, 0) is 54.3 Å². The number of nitrogens with one attached hydrogen (secondary N) is 1. The van der Waals surface area contributed by atoms with Crippen molar-refractivity contribution in [2.24, 2.45) is 0 Å². The van der Waals surface area contributed by atoms with Gasteiger partial charge in [0.1, 0.15) is 6.10 Å². The number of ether oxygens (including phenoxy) is 2. The molecule has 0 radical (unpaired) electrons. The molecule has 0 unspecified atom stereocenters. The lowest BCUT2D eigenvalue weighted by Gasteiger charge is -2.35. The van der Waals surface area contributed by atoms with Crippen molar-refractivity contribution in [1.29, 1.82) is 0 Å². The topological polar surface area (TPSA) is 138 Å².